The first-order valence-electron chi connectivity index (χ1n) is 16.9. The summed E-state index contributed by atoms with van der Waals surface area (Å²) < 4.78 is 3.66. The summed E-state index contributed by atoms with van der Waals surface area (Å²) >= 11 is 1.89. The molecule has 9 aromatic rings. The summed E-state index contributed by atoms with van der Waals surface area (Å²) in [7, 11) is 0. The van der Waals surface area contributed by atoms with Crippen LogP contribution in [0.5, 0.6) is 0 Å². The van der Waals surface area contributed by atoms with Gasteiger partial charge in [-0.3, -0.25) is 4.57 Å². The fraction of sp³-hybridized carbons (Fsp3) is 0.0455. The molecule has 4 heterocycles. The Labute approximate surface area is 292 Å². The molecule has 0 atom stereocenters. The average Bonchev–Trinajstić information content (AvgIpc) is 3.74. The average molecular weight is 660 g/mol. The summed E-state index contributed by atoms with van der Waals surface area (Å²) in [6.45, 7) is 0. The summed E-state index contributed by atoms with van der Waals surface area (Å²) in [4.78, 5) is 21.3. The molecule has 0 amide bonds. The Morgan fingerprint density at radius 3 is 1.80 bits per heavy atom. The van der Waals surface area contributed by atoms with Crippen molar-refractivity contribution in [1.29, 1.82) is 0 Å². The number of pyridine rings is 1. The maximum atomic E-state index is 5.15. The molecule has 10 rings (SSSR count). The van der Waals surface area contributed by atoms with E-state index in [0.29, 0.717) is 17.5 Å². The van der Waals surface area contributed by atoms with E-state index in [1.807, 2.05) is 78.2 Å². The number of nitrogens with zero attached hydrogens (tertiary/aromatic N) is 5. The van der Waals surface area contributed by atoms with Gasteiger partial charge < -0.3 is 0 Å². The second-order valence-corrected chi connectivity index (χ2v) is 13.7. The van der Waals surface area contributed by atoms with Crippen LogP contribution in [0.1, 0.15) is 16.9 Å². The molecule has 5 aromatic carbocycles. The molecule has 0 saturated heterocycles. The smallest absolute Gasteiger partial charge is 0.165 e. The Morgan fingerprint density at radius 2 is 1.14 bits per heavy atom. The first-order valence-corrected chi connectivity index (χ1v) is 17.7. The number of hydrogen-bond acceptors (Lipinski definition) is 5. The number of thiophene rings is 1. The third-order valence-electron chi connectivity index (χ3n) is 9.59. The summed E-state index contributed by atoms with van der Waals surface area (Å²) in [5.41, 5.74) is 8.87. The molecule has 6 heteroatoms. The topological polar surface area (TPSA) is 56.5 Å². The monoisotopic (exact) mass is 659 g/mol. The highest BCUT2D eigenvalue weighted by atomic mass is 32.1. The van der Waals surface area contributed by atoms with E-state index in [4.69, 9.17) is 19.9 Å². The van der Waals surface area contributed by atoms with Gasteiger partial charge in [-0.15, -0.1) is 11.3 Å². The molecule has 0 saturated carbocycles. The highest BCUT2D eigenvalue weighted by Gasteiger charge is 2.22. The molecule has 4 aromatic heterocycles. The lowest BCUT2D eigenvalue weighted by molar-refractivity contribution is 1.01. The Balaban J connectivity index is 1.18. The molecule has 1 aliphatic carbocycles. The van der Waals surface area contributed by atoms with Gasteiger partial charge in [-0.1, -0.05) is 121 Å². The van der Waals surface area contributed by atoms with E-state index in [0.717, 1.165) is 40.9 Å². The van der Waals surface area contributed by atoms with Crippen LogP contribution in [0.2, 0.25) is 0 Å². The molecule has 236 valence electrons. The fourth-order valence-electron chi connectivity index (χ4n) is 7.17. The van der Waals surface area contributed by atoms with Gasteiger partial charge in [-0.25, -0.2) is 19.9 Å². The highest BCUT2D eigenvalue weighted by molar-refractivity contribution is 7.21. The number of aromatic nitrogens is 5. The molecular formula is C44H29N5S. The van der Waals surface area contributed by atoms with E-state index in [9.17, 15) is 0 Å². The van der Waals surface area contributed by atoms with Gasteiger partial charge in [-0.2, -0.15) is 0 Å². The zero-order chi connectivity index (χ0) is 33.0. The number of fused-ring (bicyclic) bond motifs is 7. The van der Waals surface area contributed by atoms with Crippen LogP contribution in [0, 0.1) is 0 Å². The molecule has 0 fully saturated rings. The molecule has 0 radical (unpaired) electrons. The number of hydrogen-bond donors (Lipinski definition) is 0. The predicted octanol–water partition coefficient (Wildman–Crippen LogP) is 11.2. The second-order valence-electron chi connectivity index (χ2n) is 12.6. The largest absolute Gasteiger partial charge is 0.292 e. The van der Waals surface area contributed by atoms with Crippen molar-refractivity contribution >= 4 is 49.3 Å². The minimum atomic E-state index is 0.588. The van der Waals surface area contributed by atoms with Crippen molar-refractivity contribution in [3.8, 4) is 51.1 Å². The quantitative estimate of drug-likeness (QED) is 0.184. The summed E-state index contributed by atoms with van der Waals surface area (Å²) in [6.07, 6.45) is 8.65. The highest BCUT2D eigenvalue weighted by Crippen LogP contribution is 2.44. The Bertz CT molecular complexity index is 2670. The Kier molecular flexibility index (Phi) is 6.74. The zero-order valence-corrected chi connectivity index (χ0v) is 27.8. The zero-order valence-electron chi connectivity index (χ0n) is 27.0. The maximum absolute atomic E-state index is 5.15. The van der Waals surface area contributed by atoms with Crippen molar-refractivity contribution in [1.82, 2.24) is 24.5 Å². The van der Waals surface area contributed by atoms with Gasteiger partial charge in [0.2, 0.25) is 0 Å². The number of rotatable bonds is 5. The number of allylic oxidation sites excluding steroid dienone is 1. The number of benzene rings is 5. The first-order chi connectivity index (χ1) is 24.8. The summed E-state index contributed by atoms with van der Waals surface area (Å²) in [5.74, 6) is 2.71. The van der Waals surface area contributed by atoms with Gasteiger partial charge in [0.25, 0.3) is 0 Å². The van der Waals surface area contributed by atoms with Crippen LogP contribution >= 0.6 is 11.3 Å². The van der Waals surface area contributed by atoms with Gasteiger partial charge in [-0.05, 0) is 59.2 Å². The van der Waals surface area contributed by atoms with Gasteiger partial charge in [0, 0.05) is 38.5 Å². The van der Waals surface area contributed by atoms with Crippen LogP contribution in [-0.4, -0.2) is 24.5 Å². The van der Waals surface area contributed by atoms with Crippen LogP contribution in [0.4, 0.5) is 0 Å². The van der Waals surface area contributed by atoms with Gasteiger partial charge in [0.05, 0.1) is 15.7 Å². The third kappa shape index (κ3) is 4.76. The van der Waals surface area contributed by atoms with Gasteiger partial charge in [0.1, 0.15) is 5.82 Å². The van der Waals surface area contributed by atoms with Crippen LogP contribution in [0.25, 0.3) is 89.1 Å². The van der Waals surface area contributed by atoms with E-state index < -0.39 is 0 Å². The maximum Gasteiger partial charge on any atom is 0.165 e. The van der Waals surface area contributed by atoms with Crippen molar-refractivity contribution in [2.24, 2.45) is 0 Å². The lowest BCUT2D eigenvalue weighted by Crippen LogP contribution is -2.01. The minimum absolute atomic E-state index is 0.588. The minimum Gasteiger partial charge on any atom is -0.292 e. The second kappa shape index (κ2) is 11.7. The van der Waals surface area contributed by atoms with Crippen LogP contribution in [0.15, 0.2) is 146 Å². The van der Waals surface area contributed by atoms with Crippen LogP contribution in [0.3, 0.4) is 0 Å². The van der Waals surface area contributed by atoms with Crippen molar-refractivity contribution < 1.29 is 0 Å². The molecule has 1 aliphatic rings. The van der Waals surface area contributed by atoms with Crippen molar-refractivity contribution in [2.45, 2.75) is 12.8 Å². The molecule has 0 unspecified atom stereocenters. The Morgan fingerprint density at radius 1 is 0.540 bits per heavy atom. The third-order valence-corrected chi connectivity index (χ3v) is 10.8. The van der Waals surface area contributed by atoms with E-state index in [2.05, 4.69) is 89.5 Å². The summed E-state index contributed by atoms with van der Waals surface area (Å²) in [5, 5.41) is 3.79. The van der Waals surface area contributed by atoms with Crippen LogP contribution < -0.4 is 0 Å². The summed E-state index contributed by atoms with van der Waals surface area (Å²) in [6, 6.07) is 46.3. The fourth-order valence-corrected chi connectivity index (χ4v) is 8.49. The van der Waals surface area contributed by atoms with E-state index >= 15 is 0 Å². The van der Waals surface area contributed by atoms with Crippen LogP contribution in [-0.2, 0) is 6.42 Å². The van der Waals surface area contributed by atoms with E-state index in [-0.39, 0.29) is 0 Å². The molecule has 5 nitrogen and oxygen atoms in total. The van der Waals surface area contributed by atoms with Crippen molar-refractivity contribution in [2.75, 3.05) is 0 Å². The standard InChI is InChI=1S/C44H29N5S/c1-4-12-28(13-5-1)31-20-22-33-35-23-24-36-34-18-10-11-19-38(34)50-41(36)40(35)49(37(33)26-31)39-25-21-32(27-45-39)44-47-42(29-14-6-2-7-15-29)46-43(48-44)30-16-8-3-9-17-30/h1-9,11-17,19-27H,10,18H2. The molecule has 0 aliphatic heterocycles. The number of aryl methyl sites for hydroxylation is 1. The van der Waals surface area contributed by atoms with Crippen molar-refractivity contribution in [3.05, 3.63) is 156 Å². The SMILES string of the molecule is C1=Cc2sc3c(ccc4c5ccc(-c6ccccc6)cc5n(-c5ccc(-c6nc(-c7ccccc7)nc(-c7ccccc7)n6)cn5)c43)c2CC1. The molecule has 50 heavy (non-hydrogen) atoms. The van der Waals surface area contributed by atoms with E-state index in [1.54, 1.807) is 0 Å². The molecule has 0 N–H and O–H groups in total. The lowest BCUT2D eigenvalue weighted by Gasteiger charge is -2.11. The van der Waals surface area contributed by atoms with Gasteiger partial charge >= 0.3 is 0 Å². The van der Waals surface area contributed by atoms with E-state index in [1.165, 1.54) is 47.9 Å². The van der Waals surface area contributed by atoms with Gasteiger partial charge in [0.15, 0.2) is 17.5 Å². The Hall–Kier alpha value is -6.24. The van der Waals surface area contributed by atoms with Crippen molar-refractivity contribution in [3.63, 3.8) is 0 Å². The first kappa shape index (κ1) is 28.7. The molecule has 0 spiro atoms. The molecule has 0 bridgehead atoms. The normalized spacial score (nSPS) is 12.6. The lowest BCUT2D eigenvalue weighted by atomic mass is 10.00. The molecular weight excluding hydrogens is 631 g/mol. The predicted molar refractivity (Wildman–Crippen MR) is 206 cm³/mol.